The van der Waals surface area contributed by atoms with Gasteiger partial charge < -0.3 is 20.1 Å². The van der Waals surface area contributed by atoms with Gasteiger partial charge in [0.1, 0.15) is 5.75 Å². The Morgan fingerprint density at radius 1 is 1.16 bits per heavy atom. The molecule has 2 heterocycles. The smallest absolute Gasteiger partial charge is 0.191 e. The van der Waals surface area contributed by atoms with Crippen LogP contribution in [-0.4, -0.2) is 55.8 Å². The van der Waals surface area contributed by atoms with Crippen molar-refractivity contribution in [1.82, 2.24) is 20.5 Å². The standard InChI is InChI=1S/C24H35N5O2.HI/c1-5-25-24(28-16-22-19(3)23(30-4)18(2)14-26-22)27-15-20-8-6-7-9-21(20)17-29-10-12-31-13-11-29;/h6-9,14H,5,10-13,15-17H2,1-4H3,(H2,25,27,28);1H. The van der Waals surface area contributed by atoms with Crippen LogP contribution in [0.4, 0.5) is 0 Å². The number of guanidine groups is 1. The van der Waals surface area contributed by atoms with Crippen LogP contribution in [0.5, 0.6) is 5.75 Å². The van der Waals surface area contributed by atoms with Gasteiger partial charge in [0.2, 0.25) is 0 Å². The van der Waals surface area contributed by atoms with Crippen LogP contribution >= 0.6 is 24.0 Å². The van der Waals surface area contributed by atoms with Gasteiger partial charge in [0.05, 0.1) is 39.1 Å². The van der Waals surface area contributed by atoms with Crippen LogP contribution < -0.4 is 15.4 Å². The van der Waals surface area contributed by atoms with Gasteiger partial charge in [0.15, 0.2) is 5.96 Å². The maximum Gasteiger partial charge on any atom is 0.191 e. The summed E-state index contributed by atoms with van der Waals surface area (Å²) in [5.74, 6) is 1.68. The average Bonchev–Trinajstić information content (AvgIpc) is 2.78. The number of methoxy groups -OCH3 is 1. The lowest BCUT2D eigenvalue weighted by molar-refractivity contribution is 0.0341. The van der Waals surface area contributed by atoms with Gasteiger partial charge in [-0.1, -0.05) is 24.3 Å². The van der Waals surface area contributed by atoms with Gasteiger partial charge in [0.25, 0.3) is 0 Å². The summed E-state index contributed by atoms with van der Waals surface area (Å²) in [5, 5.41) is 6.75. The van der Waals surface area contributed by atoms with Crippen molar-refractivity contribution in [2.75, 3.05) is 40.0 Å². The van der Waals surface area contributed by atoms with E-state index in [4.69, 9.17) is 14.5 Å². The predicted molar refractivity (Wildman–Crippen MR) is 140 cm³/mol. The van der Waals surface area contributed by atoms with Gasteiger partial charge >= 0.3 is 0 Å². The summed E-state index contributed by atoms with van der Waals surface area (Å²) in [6.45, 7) is 12.7. The van der Waals surface area contributed by atoms with Crippen molar-refractivity contribution in [3.8, 4) is 5.75 Å². The Morgan fingerprint density at radius 3 is 2.56 bits per heavy atom. The number of aryl methyl sites for hydroxylation is 1. The molecule has 0 radical (unpaired) electrons. The maximum atomic E-state index is 5.53. The lowest BCUT2D eigenvalue weighted by Gasteiger charge is -2.27. The van der Waals surface area contributed by atoms with E-state index in [1.807, 2.05) is 20.0 Å². The number of ether oxygens (including phenoxy) is 2. The molecule has 1 aromatic carbocycles. The highest BCUT2D eigenvalue weighted by molar-refractivity contribution is 14.0. The van der Waals surface area contributed by atoms with E-state index in [2.05, 4.69) is 51.7 Å². The third-order valence-corrected chi connectivity index (χ3v) is 5.54. The molecule has 0 atom stereocenters. The first kappa shape index (κ1) is 26.3. The van der Waals surface area contributed by atoms with Crippen molar-refractivity contribution in [2.24, 2.45) is 4.99 Å². The van der Waals surface area contributed by atoms with E-state index in [-0.39, 0.29) is 24.0 Å². The molecule has 1 saturated heterocycles. The van der Waals surface area contributed by atoms with Gasteiger partial charge in [0, 0.05) is 43.5 Å². The van der Waals surface area contributed by atoms with Crippen molar-refractivity contribution >= 4 is 29.9 Å². The van der Waals surface area contributed by atoms with E-state index in [0.717, 1.165) is 67.9 Å². The number of rotatable bonds is 8. The Labute approximate surface area is 209 Å². The third kappa shape index (κ3) is 7.31. The lowest BCUT2D eigenvalue weighted by Crippen LogP contribution is -2.37. The highest BCUT2D eigenvalue weighted by atomic mass is 127. The molecule has 0 spiro atoms. The monoisotopic (exact) mass is 553 g/mol. The van der Waals surface area contributed by atoms with E-state index in [9.17, 15) is 0 Å². The van der Waals surface area contributed by atoms with Crippen LogP contribution in [0.1, 0.15) is 34.9 Å². The highest BCUT2D eigenvalue weighted by Gasteiger charge is 2.13. The Morgan fingerprint density at radius 2 is 1.88 bits per heavy atom. The normalized spacial score (nSPS) is 14.6. The van der Waals surface area contributed by atoms with Gasteiger partial charge in [-0.05, 0) is 31.9 Å². The van der Waals surface area contributed by atoms with Crippen molar-refractivity contribution < 1.29 is 9.47 Å². The number of nitrogens with zero attached hydrogens (tertiary/aromatic N) is 3. The number of halogens is 1. The molecule has 1 aliphatic heterocycles. The molecule has 3 rings (SSSR count). The Kier molecular flexibility index (Phi) is 11.2. The SMILES string of the molecule is CCNC(=NCc1ccccc1CN1CCOCC1)NCc1ncc(C)c(OC)c1C.I. The Bertz CT molecular complexity index is 885. The molecule has 0 aliphatic carbocycles. The molecule has 0 amide bonds. The zero-order valence-corrected chi connectivity index (χ0v) is 21.9. The summed E-state index contributed by atoms with van der Waals surface area (Å²) in [5.41, 5.74) is 5.63. The van der Waals surface area contributed by atoms with Gasteiger partial charge in [-0.25, -0.2) is 4.99 Å². The molecule has 1 aromatic heterocycles. The molecule has 32 heavy (non-hydrogen) atoms. The number of hydrogen-bond acceptors (Lipinski definition) is 5. The van der Waals surface area contributed by atoms with Gasteiger partial charge in [-0.3, -0.25) is 9.88 Å². The van der Waals surface area contributed by atoms with Gasteiger partial charge in [-0.2, -0.15) is 0 Å². The number of hydrogen-bond donors (Lipinski definition) is 2. The number of aliphatic imine (C=N–C) groups is 1. The topological polar surface area (TPSA) is 71.0 Å². The largest absolute Gasteiger partial charge is 0.496 e. The molecular formula is C24H36IN5O2. The second kappa shape index (κ2) is 13.6. The first-order valence-electron chi connectivity index (χ1n) is 11.0. The molecule has 2 aromatic rings. The van der Waals surface area contributed by atoms with Crippen LogP contribution in [0.15, 0.2) is 35.5 Å². The second-order valence-corrected chi connectivity index (χ2v) is 7.75. The molecule has 7 nitrogen and oxygen atoms in total. The first-order valence-corrected chi connectivity index (χ1v) is 11.0. The van der Waals surface area contributed by atoms with Crippen molar-refractivity contribution in [3.63, 3.8) is 0 Å². The van der Waals surface area contributed by atoms with Crippen LogP contribution in [0.2, 0.25) is 0 Å². The predicted octanol–water partition coefficient (Wildman–Crippen LogP) is 3.41. The first-order chi connectivity index (χ1) is 15.1. The van der Waals surface area contributed by atoms with Crippen molar-refractivity contribution in [3.05, 3.63) is 58.4 Å². The summed E-state index contributed by atoms with van der Waals surface area (Å²) in [6, 6.07) is 8.55. The molecule has 2 N–H and O–H groups in total. The van der Waals surface area contributed by atoms with Gasteiger partial charge in [-0.15, -0.1) is 24.0 Å². The number of aromatic nitrogens is 1. The zero-order chi connectivity index (χ0) is 22.1. The fourth-order valence-electron chi connectivity index (χ4n) is 3.79. The molecule has 0 bridgehead atoms. The van der Waals surface area contributed by atoms with E-state index >= 15 is 0 Å². The molecule has 176 valence electrons. The van der Waals surface area contributed by atoms with Crippen LogP contribution in [0, 0.1) is 13.8 Å². The third-order valence-electron chi connectivity index (χ3n) is 5.54. The summed E-state index contributed by atoms with van der Waals surface area (Å²) in [6.07, 6.45) is 1.86. The number of pyridine rings is 1. The zero-order valence-electron chi connectivity index (χ0n) is 19.6. The van der Waals surface area contributed by atoms with E-state index in [0.29, 0.717) is 13.1 Å². The second-order valence-electron chi connectivity index (χ2n) is 7.75. The minimum atomic E-state index is 0. The highest BCUT2D eigenvalue weighted by Crippen LogP contribution is 2.23. The minimum Gasteiger partial charge on any atom is -0.496 e. The summed E-state index contributed by atoms with van der Waals surface area (Å²) in [7, 11) is 1.70. The number of morpholine rings is 1. The molecule has 0 unspecified atom stereocenters. The van der Waals surface area contributed by atoms with E-state index < -0.39 is 0 Å². The summed E-state index contributed by atoms with van der Waals surface area (Å²) >= 11 is 0. The van der Waals surface area contributed by atoms with Crippen molar-refractivity contribution in [1.29, 1.82) is 0 Å². The average molecular weight is 553 g/mol. The number of nitrogens with one attached hydrogen (secondary N) is 2. The quantitative estimate of drug-likeness (QED) is 0.297. The van der Waals surface area contributed by atoms with Crippen LogP contribution in [0.3, 0.4) is 0 Å². The van der Waals surface area contributed by atoms with Crippen molar-refractivity contribution in [2.45, 2.75) is 40.4 Å². The Balaban J connectivity index is 0.00000363. The molecular weight excluding hydrogens is 517 g/mol. The summed E-state index contributed by atoms with van der Waals surface area (Å²) in [4.78, 5) is 11.8. The molecule has 1 fully saturated rings. The maximum absolute atomic E-state index is 5.53. The fraction of sp³-hybridized carbons (Fsp3) is 0.500. The fourth-order valence-corrected chi connectivity index (χ4v) is 3.79. The summed E-state index contributed by atoms with van der Waals surface area (Å²) < 4.78 is 11.0. The lowest BCUT2D eigenvalue weighted by atomic mass is 10.1. The van der Waals surface area contributed by atoms with E-state index in [1.165, 1.54) is 11.1 Å². The Hall–Kier alpha value is -1.91. The van der Waals surface area contributed by atoms with E-state index in [1.54, 1.807) is 7.11 Å². The van der Waals surface area contributed by atoms with Crippen LogP contribution in [0.25, 0.3) is 0 Å². The number of benzene rings is 1. The molecule has 1 aliphatic rings. The molecule has 0 saturated carbocycles. The molecule has 8 heteroatoms. The minimum absolute atomic E-state index is 0. The van der Waals surface area contributed by atoms with Crippen LogP contribution in [-0.2, 0) is 24.4 Å².